The molecule has 1 atom stereocenters. The van der Waals surface area contributed by atoms with Gasteiger partial charge in [-0.3, -0.25) is 4.79 Å². The number of amides is 1. The third-order valence-electron chi connectivity index (χ3n) is 3.34. The highest BCUT2D eigenvalue weighted by Crippen LogP contribution is 2.36. The van der Waals surface area contributed by atoms with Crippen LogP contribution in [0, 0.1) is 5.82 Å². The average molecular weight is 220 g/mol. The number of hydrogen-bond acceptors (Lipinski definition) is 2. The maximum absolute atomic E-state index is 13.1. The number of benzene rings is 1. The number of fused-ring (bicyclic) bond motifs is 3. The first-order valence-electron chi connectivity index (χ1n) is 5.60. The Morgan fingerprint density at radius 3 is 3.19 bits per heavy atom. The van der Waals surface area contributed by atoms with Crippen molar-refractivity contribution < 1.29 is 9.18 Å². The Labute approximate surface area is 93.2 Å². The maximum atomic E-state index is 13.1. The van der Waals surface area contributed by atoms with E-state index in [1.165, 1.54) is 12.1 Å². The molecule has 1 aromatic rings. The van der Waals surface area contributed by atoms with Gasteiger partial charge in [-0.1, -0.05) is 0 Å². The highest BCUT2D eigenvalue weighted by Gasteiger charge is 2.31. The summed E-state index contributed by atoms with van der Waals surface area (Å²) in [6, 6.07) is 4.89. The molecule has 0 bridgehead atoms. The first kappa shape index (κ1) is 9.63. The molecule has 1 aromatic carbocycles. The van der Waals surface area contributed by atoms with Crippen molar-refractivity contribution in [2.24, 2.45) is 0 Å². The van der Waals surface area contributed by atoms with Gasteiger partial charge in [0.2, 0.25) is 5.91 Å². The highest BCUT2D eigenvalue weighted by atomic mass is 19.1. The summed E-state index contributed by atoms with van der Waals surface area (Å²) in [6.07, 6.45) is 2.66. The van der Waals surface area contributed by atoms with Crippen molar-refractivity contribution in [1.29, 1.82) is 0 Å². The molecule has 16 heavy (non-hydrogen) atoms. The van der Waals surface area contributed by atoms with Crippen LogP contribution in [0.4, 0.5) is 15.8 Å². The van der Waals surface area contributed by atoms with E-state index < -0.39 is 0 Å². The molecule has 1 unspecified atom stereocenters. The van der Waals surface area contributed by atoms with Crippen molar-refractivity contribution in [2.75, 3.05) is 16.8 Å². The molecule has 0 radical (unpaired) electrons. The van der Waals surface area contributed by atoms with Crippen LogP contribution in [0.3, 0.4) is 0 Å². The van der Waals surface area contributed by atoms with E-state index in [2.05, 4.69) is 10.2 Å². The Balaban J connectivity index is 2.09. The van der Waals surface area contributed by atoms with E-state index >= 15 is 0 Å². The number of rotatable bonds is 0. The maximum Gasteiger partial charge on any atom is 0.226 e. The molecule has 2 heterocycles. The van der Waals surface area contributed by atoms with Gasteiger partial charge in [-0.15, -0.1) is 0 Å². The van der Waals surface area contributed by atoms with Crippen molar-refractivity contribution in [3.05, 3.63) is 24.0 Å². The summed E-state index contributed by atoms with van der Waals surface area (Å²) in [6.45, 7) is 0.957. The van der Waals surface area contributed by atoms with Crippen LogP contribution >= 0.6 is 0 Å². The summed E-state index contributed by atoms with van der Waals surface area (Å²) < 4.78 is 13.1. The van der Waals surface area contributed by atoms with Gasteiger partial charge < -0.3 is 10.2 Å². The number of halogens is 1. The molecule has 2 aliphatic heterocycles. The van der Waals surface area contributed by atoms with Crippen molar-refractivity contribution in [3.8, 4) is 0 Å². The first-order chi connectivity index (χ1) is 7.74. The quantitative estimate of drug-likeness (QED) is 0.726. The SMILES string of the molecule is O=C1CC2CCCN2c2ccc(F)cc2N1. The van der Waals surface area contributed by atoms with Gasteiger partial charge in [0, 0.05) is 19.0 Å². The second kappa shape index (κ2) is 3.47. The van der Waals surface area contributed by atoms with Crippen LogP contribution in [-0.4, -0.2) is 18.5 Å². The zero-order valence-electron chi connectivity index (χ0n) is 8.87. The molecule has 84 valence electrons. The van der Waals surface area contributed by atoms with E-state index in [0.717, 1.165) is 25.1 Å². The van der Waals surface area contributed by atoms with Gasteiger partial charge in [-0.2, -0.15) is 0 Å². The fourth-order valence-electron chi connectivity index (χ4n) is 2.64. The standard InChI is InChI=1S/C12H13FN2O/c13-8-3-4-11-10(6-8)14-12(16)7-9-2-1-5-15(9)11/h3-4,6,9H,1-2,5,7H2,(H,14,16). The van der Waals surface area contributed by atoms with Crippen LogP contribution in [0.25, 0.3) is 0 Å². The lowest BCUT2D eigenvalue weighted by molar-refractivity contribution is -0.116. The predicted octanol–water partition coefficient (Wildman–Crippen LogP) is 2.14. The van der Waals surface area contributed by atoms with Gasteiger partial charge in [0.05, 0.1) is 11.4 Å². The Morgan fingerprint density at radius 2 is 2.31 bits per heavy atom. The number of nitrogens with one attached hydrogen (secondary N) is 1. The van der Waals surface area contributed by atoms with Crippen molar-refractivity contribution in [2.45, 2.75) is 25.3 Å². The van der Waals surface area contributed by atoms with E-state index in [-0.39, 0.29) is 17.8 Å². The van der Waals surface area contributed by atoms with Gasteiger partial charge in [-0.25, -0.2) is 4.39 Å². The van der Waals surface area contributed by atoms with Crippen molar-refractivity contribution in [1.82, 2.24) is 0 Å². The summed E-state index contributed by atoms with van der Waals surface area (Å²) >= 11 is 0. The van der Waals surface area contributed by atoms with E-state index in [4.69, 9.17) is 0 Å². The smallest absolute Gasteiger partial charge is 0.226 e. The lowest BCUT2D eigenvalue weighted by Crippen LogP contribution is -2.29. The molecule has 1 amide bonds. The third kappa shape index (κ3) is 1.45. The van der Waals surface area contributed by atoms with E-state index in [0.29, 0.717) is 12.1 Å². The number of carbonyl (C=O) groups excluding carboxylic acids is 1. The van der Waals surface area contributed by atoms with Crippen LogP contribution < -0.4 is 10.2 Å². The Kier molecular flexibility index (Phi) is 2.09. The minimum atomic E-state index is -0.309. The van der Waals surface area contributed by atoms with Crippen LogP contribution in [0.5, 0.6) is 0 Å². The molecule has 3 rings (SSSR count). The molecule has 3 nitrogen and oxygen atoms in total. The van der Waals surface area contributed by atoms with Crippen LogP contribution in [0.1, 0.15) is 19.3 Å². The molecule has 1 N–H and O–H groups in total. The Hall–Kier alpha value is -1.58. The monoisotopic (exact) mass is 220 g/mol. The number of carbonyl (C=O) groups is 1. The summed E-state index contributed by atoms with van der Waals surface area (Å²) in [5.41, 5.74) is 1.56. The average Bonchev–Trinajstić information content (AvgIpc) is 2.61. The van der Waals surface area contributed by atoms with Crippen molar-refractivity contribution >= 4 is 17.3 Å². The minimum absolute atomic E-state index is 0.0127. The zero-order valence-corrected chi connectivity index (χ0v) is 8.87. The molecule has 4 heteroatoms. The summed E-state index contributed by atoms with van der Waals surface area (Å²) in [5.74, 6) is -0.321. The van der Waals surface area contributed by atoms with Crippen molar-refractivity contribution in [3.63, 3.8) is 0 Å². The Bertz CT molecular complexity index is 447. The van der Waals surface area contributed by atoms with Gasteiger partial charge in [0.25, 0.3) is 0 Å². The van der Waals surface area contributed by atoms with Gasteiger partial charge in [-0.05, 0) is 31.0 Å². The van der Waals surface area contributed by atoms with Crippen LogP contribution in [0.2, 0.25) is 0 Å². The fraction of sp³-hybridized carbons (Fsp3) is 0.417. The first-order valence-corrected chi connectivity index (χ1v) is 5.60. The topological polar surface area (TPSA) is 32.3 Å². The largest absolute Gasteiger partial charge is 0.366 e. The number of hydrogen-bond donors (Lipinski definition) is 1. The molecule has 1 fully saturated rings. The van der Waals surface area contributed by atoms with Crippen LogP contribution in [-0.2, 0) is 4.79 Å². The third-order valence-corrected chi connectivity index (χ3v) is 3.34. The Morgan fingerprint density at radius 1 is 1.44 bits per heavy atom. The second-order valence-corrected chi connectivity index (χ2v) is 4.40. The lowest BCUT2D eigenvalue weighted by Gasteiger charge is -2.24. The minimum Gasteiger partial charge on any atom is -0.366 e. The van der Waals surface area contributed by atoms with E-state index in [1.54, 1.807) is 6.07 Å². The molecule has 0 saturated carbocycles. The van der Waals surface area contributed by atoms with E-state index in [9.17, 15) is 9.18 Å². The number of anilines is 2. The highest BCUT2D eigenvalue weighted by molar-refractivity contribution is 5.96. The molecule has 2 aliphatic rings. The number of nitrogens with zero attached hydrogens (tertiary/aromatic N) is 1. The fourth-order valence-corrected chi connectivity index (χ4v) is 2.64. The predicted molar refractivity (Wildman–Crippen MR) is 60.0 cm³/mol. The molecule has 0 spiro atoms. The molecular formula is C12H13FN2O. The summed E-state index contributed by atoms with van der Waals surface area (Å²) in [4.78, 5) is 13.9. The van der Waals surface area contributed by atoms with Gasteiger partial charge in [0.15, 0.2) is 0 Å². The molecule has 0 aliphatic carbocycles. The normalized spacial score (nSPS) is 23.4. The second-order valence-electron chi connectivity index (χ2n) is 4.40. The molecule has 1 saturated heterocycles. The lowest BCUT2D eigenvalue weighted by atomic mass is 10.1. The van der Waals surface area contributed by atoms with Gasteiger partial charge in [0.1, 0.15) is 5.82 Å². The van der Waals surface area contributed by atoms with Crippen LogP contribution in [0.15, 0.2) is 18.2 Å². The summed E-state index contributed by atoms with van der Waals surface area (Å²) in [5, 5.41) is 2.77. The molecule has 0 aromatic heterocycles. The van der Waals surface area contributed by atoms with E-state index in [1.807, 2.05) is 0 Å². The zero-order chi connectivity index (χ0) is 11.1. The summed E-state index contributed by atoms with van der Waals surface area (Å²) in [7, 11) is 0. The molecular weight excluding hydrogens is 207 g/mol. The van der Waals surface area contributed by atoms with Gasteiger partial charge >= 0.3 is 0 Å².